The zero-order chi connectivity index (χ0) is 21.1. The van der Waals surface area contributed by atoms with Crippen molar-refractivity contribution in [3.63, 3.8) is 0 Å². The lowest BCUT2D eigenvalue weighted by Crippen LogP contribution is -2.45. The molecule has 0 bridgehead atoms. The quantitative estimate of drug-likeness (QED) is 0.694. The van der Waals surface area contributed by atoms with Gasteiger partial charge in [0, 0.05) is 4.90 Å². The standard InChI is InChI=1S/C18H19F3N2O3S2/c1-12(17(24)22-15-9-4-5-10-16(15)27-2)23(28(3,25)26)14-8-6-7-13(11-14)18(19,20)21/h4-12H,1-3H3,(H,22,24)/t12-/m1/s1. The number of hydrogen-bond acceptors (Lipinski definition) is 4. The van der Waals surface area contributed by atoms with Gasteiger partial charge in [0.2, 0.25) is 15.9 Å². The van der Waals surface area contributed by atoms with Crippen LogP contribution >= 0.6 is 11.8 Å². The Bertz CT molecular complexity index is 963. The zero-order valence-electron chi connectivity index (χ0n) is 15.3. The van der Waals surface area contributed by atoms with Crippen molar-refractivity contribution in [1.29, 1.82) is 0 Å². The van der Waals surface area contributed by atoms with Gasteiger partial charge in [-0.1, -0.05) is 18.2 Å². The molecule has 1 amide bonds. The number of benzene rings is 2. The Morgan fingerprint density at radius 3 is 2.36 bits per heavy atom. The number of halogens is 3. The number of anilines is 2. The van der Waals surface area contributed by atoms with E-state index in [0.29, 0.717) is 16.1 Å². The van der Waals surface area contributed by atoms with E-state index in [2.05, 4.69) is 5.32 Å². The molecule has 0 aliphatic rings. The molecule has 2 rings (SSSR count). The van der Waals surface area contributed by atoms with Crippen molar-refractivity contribution < 1.29 is 26.4 Å². The molecule has 1 N–H and O–H groups in total. The van der Waals surface area contributed by atoms with Gasteiger partial charge in [-0.3, -0.25) is 9.10 Å². The van der Waals surface area contributed by atoms with Crippen LogP contribution < -0.4 is 9.62 Å². The second kappa shape index (κ2) is 8.44. The molecule has 0 fully saturated rings. The highest BCUT2D eigenvalue weighted by atomic mass is 32.2. The first kappa shape index (κ1) is 22.1. The van der Waals surface area contributed by atoms with Crippen LogP contribution in [0.5, 0.6) is 0 Å². The van der Waals surface area contributed by atoms with Gasteiger partial charge in [-0.15, -0.1) is 11.8 Å². The Kier molecular flexibility index (Phi) is 6.66. The van der Waals surface area contributed by atoms with E-state index < -0.39 is 33.7 Å². The summed E-state index contributed by atoms with van der Waals surface area (Å²) in [5.74, 6) is -0.663. The highest BCUT2D eigenvalue weighted by Crippen LogP contribution is 2.33. The maximum Gasteiger partial charge on any atom is 0.416 e. The molecule has 0 aliphatic heterocycles. The monoisotopic (exact) mass is 432 g/mol. The first-order valence-corrected chi connectivity index (χ1v) is 11.1. The molecule has 0 aliphatic carbocycles. The molecular weight excluding hydrogens is 413 g/mol. The molecule has 0 spiro atoms. The van der Waals surface area contributed by atoms with E-state index >= 15 is 0 Å². The maximum atomic E-state index is 13.0. The fourth-order valence-electron chi connectivity index (χ4n) is 2.61. The number of hydrogen-bond donors (Lipinski definition) is 1. The molecule has 0 aromatic heterocycles. The maximum absolute atomic E-state index is 13.0. The normalized spacial score (nSPS) is 13.1. The Labute approximate surface area is 166 Å². The van der Waals surface area contributed by atoms with Gasteiger partial charge in [-0.2, -0.15) is 13.2 Å². The van der Waals surface area contributed by atoms with Crippen LogP contribution in [0.4, 0.5) is 24.5 Å². The van der Waals surface area contributed by atoms with E-state index in [4.69, 9.17) is 0 Å². The van der Waals surface area contributed by atoms with Crippen LogP contribution in [-0.4, -0.2) is 32.9 Å². The van der Waals surface area contributed by atoms with Crippen molar-refractivity contribution in [1.82, 2.24) is 0 Å². The van der Waals surface area contributed by atoms with Crippen LogP contribution in [0.2, 0.25) is 0 Å². The van der Waals surface area contributed by atoms with Crippen LogP contribution in [0.1, 0.15) is 12.5 Å². The SMILES string of the molecule is CSc1ccccc1NC(=O)[C@@H](C)N(c1cccc(C(F)(F)F)c1)S(C)(=O)=O. The molecule has 0 heterocycles. The highest BCUT2D eigenvalue weighted by Gasteiger charge is 2.34. The van der Waals surface area contributed by atoms with E-state index in [-0.39, 0.29) is 5.69 Å². The number of rotatable bonds is 6. The summed E-state index contributed by atoms with van der Waals surface area (Å²) in [6.45, 7) is 1.32. The molecule has 0 saturated heterocycles. The van der Waals surface area contributed by atoms with Gasteiger partial charge < -0.3 is 5.32 Å². The van der Waals surface area contributed by atoms with Gasteiger partial charge >= 0.3 is 6.18 Å². The molecule has 0 saturated carbocycles. The third-order valence-corrected chi connectivity index (χ3v) is 5.92. The van der Waals surface area contributed by atoms with E-state index in [1.165, 1.54) is 24.8 Å². The van der Waals surface area contributed by atoms with Crippen molar-refractivity contribution in [2.24, 2.45) is 0 Å². The topological polar surface area (TPSA) is 66.5 Å². The molecule has 2 aromatic carbocycles. The summed E-state index contributed by atoms with van der Waals surface area (Å²) in [5, 5.41) is 2.64. The van der Waals surface area contributed by atoms with Crippen LogP contribution in [0, 0.1) is 0 Å². The molecule has 0 radical (unpaired) electrons. The number of nitrogens with zero attached hydrogens (tertiary/aromatic N) is 1. The minimum absolute atomic E-state index is 0.238. The summed E-state index contributed by atoms with van der Waals surface area (Å²) in [6.07, 6.45) is -1.98. The Balaban J connectivity index is 2.40. The summed E-state index contributed by atoms with van der Waals surface area (Å²) in [4.78, 5) is 13.4. The summed E-state index contributed by atoms with van der Waals surface area (Å²) in [6, 6.07) is 9.53. The fourth-order valence-corrected chi connectivity index (χ4v) is 4.33. The predicted molar refractivity (Wildman–Crippen MR) is 105 cm³/mol. The second-order valence-corrected chi connectivity index (χ2v) is 8.68. The Morgan fingerprint density at radius 2 is 1.79 bits per heavy atom. The van der Waals surface area contributed by atoms with E-state index in [1.807, 2.05) is 6.26 Å². The second-order valence-electron chi connectivity index (χ2n) is 5.97. The highest BCUT2D eigenvalue weighted by molar-refractivity contribution is 7.98. The smallest absolute Gasteiger partial charge is 0.323 e. The minimum Gasteiger partial charge on any atom is -0.323 e. The predicted octanol–water partition coefficient (Wildman–Crippen LogP) is 4.22. The summed E-state index contributed by atoms with van der Waals surface area (Å²) in [7, 11) is -4.03. The molecular formula is C18H19F3N2O3S2. The van der Waals surface area contributed by atoms with Gasteiger partial charge in [0.05, 0.1) is 23.2 Å². The van der Waals surface area contributed by atoms with E-state index in [1.54, 1.807) is 24.3 Å². The number of carbonyl (C=O) groups is 1. The van der Waals surface area contributed by atoms with E-state index in [9.17, 15) is 26.4 Å². The lowest BCUT2D eigenvalue weighted by Gasteiger charge is -2.29. The zero-order valence-corrected chi connectivity index (χ0v) is 17.0. The van der Waals surface area contributed by atoms with Gasteiger partial charge in [-0.05, 0) is 43.5 Å². The van der Waals surface area contributed by atoms with Crippen LogP contribution in [0.25, 0.3) is 0 Å². The number of thioether (sulfide) groups is 1. The molecule has 1 atom stereocenters. The molecule has 10 heteroatoms. The minimum atomic E-state index is -4.64. The lowest BCUT2D eigenvalue weighted by molar-refractivity contribution is -0.137. The van der Waals surface area contributed by atoms with Crippen molar-refractivity contribution in [3.05, 3.63) is 54.1 Å². The first-order chi connectivity index (χ1) is 12.9. The van der Waals surface area contributed by atoms with Gasteiger partial charge in [0.25, 0.3) is 0 Å². The fraction of sp³-hybridized carbons (Fsp3) is 0.278. The number of para-hydroxylation sites is 1. The average molecular weight is 432 g/mol. The number of sulfonamides is 1. The molecule has 152 valence electrons. The number of carbonyl (C=O) groups excluding carboxylic acids is 1. The molecule has 0 unspecified atom stereocenters. The number of nitrogens with one attached hydrogen (secondary N) is 1. The van der Waals surface area contributed by atoms with Gasteiger partial charge in [0.1, 0.15) is 6.04 Å². The van der Waals surface area contributed by atoms with E-state index in [0.717, 1.165) is 23.3 Å². The summed E-state index contributed by atoms with van der Waals surface area (Å²) in [5.41, 5.74) is -0.749. The average Bonchev–Trinajstić information content (AvgIpc) is 2.60. The van der Waals surface area contributed by atoms with Crippen LogP contribution in [0.3, 0.4) is 0 Å². The van der Waals surface area contributed by atoms with Crippen molar-refractivity contribution in [3.8, 4) is 0 Å². The van der Waals surface area contributed by atoms with Crippen molar-refractivity contribution >= 4 is 39.1 Å². The van der Waals surface area contributed by atoms with Crippen LogP contribution in [-0.2, 0) is 21.0 Å². The summed E-state index contributed by atoms with van der Waals surface area (Å²) < 4.78 is 64.3. The largest absolute Gasteiger partial charge is 0.416 e. The van der Waals surface area contributed by atoms with Crippen molar-refractivity contribution in [2.75, 3.05) is 22.1 Å². The van der Waals surface area contributed by atoms with Gasteiger partial charge in [0.15, 0.2) is 0 Å². The molecule has 5 nitrogen and oxygen atoms in total. The van der Waals surface area contributed by atoms with Gasteiger partial charge in [-0.25, -0.2) is 8.42 Å². The summed E-state index contributed by atoms with van der Waals surface area (Å²) >= 11 is 1.39. The van der Waals surface area contributed by atoms with Crippen molar-refractivity contribution in [2.45, 2.75) is 24.0 Å². The number of alkyl halides is 3. The Hall–Kier alpha value is -2.20. The number of amides is 1. The third-order valence-electron chi connectivity index (χ3n) is 3.88. The van der Waals surface area contributed by atoms with Crippen LogP contribution in [0.15, 0.2) is 53.4 Å². The first-order valence-electron chi connectivity index (χ1n) is 8.05. The Morgan fingerprint density at radius 1 is 1.14 bits per heavy atom. The lowest BCUT2D eigenvalue weighted by atomic mass is 10.1. The molecule has 2 aromatic rings. The third kappa shape index (κ3) is 5.20. The molecule has 28 heavy (non-hydrogen) atoms.